The smallest absolute Gasteiger partial charge is 0.159 e. The summed E-state index contributed by atoms with van der Waals surface area (Å²) in [5.41, 5.74) is 0.747. The second-order valence-electron chi connectivity index (χ2n) is 10.5. The molecule has 2 saturated carbocycles. The Kier molecular flexibility index (Phi) is 10.1. The topological polar surface area (TPSA) is 57.2 Å². The van der Waals surface area contributed by atoms with Gasteiger partial charge in [0, 0.05) is 25.6 Å². The molecule has 0 aromatic carbocycles. The minimum atomic E-state index is -0.520. The molecule has 2 aliphatic carbocycles. The number of aliphatic hydroxyl groups is 1. The quantitative estimate of drug-likeness (QED) is 0.504. The van der Waals surface area contributed by atoms with Crippen molar-refractivity contribution in [1.82, 2.24) is 0 Å². The Balaban J connectivity index is 1.53. The van der Waals surface area contributed by atoms with Crippen LogP contribution in [0, 0.1) is 47.4 Å². The highest BCUT2D eigenvalue weighted by Gasteiger charge is 2.48. The minimum absolute atomic E-state index is 0.0163. The van der Waals surface area contributed by atoms with E-state index in [1.54, 1.807) is 0 Å². The van der Waals surface area contributed by atoms with Crippen LogP contribution in [-0.4, -0.2) is 49.7 Å². The van der Waals surface area contributed by atoms with Gasteiger partial charge in [-0.15, -0.1) is 11.8 Å². The Morgan fingerprint density at radius 2 is 1.86 bits per heavy atom. The van der Waals surface area contributed by atoms with Crippen LogP contribution in [0.2, 0.25) is 0 Å². The average Bonchev–Trinajstić information content (AvgIpc) is 3.44. The largest absolute Gasteiger partial charge is 0.389 e. The second-order valence-corrected chi connectivity index (χ2v) is 10.5. The zero-order valence-electron chi connectivity index (χ0n) is 21.3. The van der Waals surface area contributed by atoms with E-state index in [-0.39, 0.29) is 48.4 Å². The lowest BCUT2D eigenvalue weighted by Gasteiger charge is -2.29. The summed E-state index contributed by atoms with van der Waals surface area (Å²) < 4.78 is 38.8. The van der Waals surface area contributed by atoms with Crippen LogP contribution >= 0.6 is 0 Å². The van der Waals surface area contributed by atoms with Crippen LogP contribution in [0.1, 0.15) is 78.1 Å². The van der Waals surface area contributed by atoms with E-state index in [4.69, 9.17) is 18.9 Å². The average molecular weight is 489 g/mol. The molecule has 2 heterocycles. The molecule has 0 aromatic rings. The molecular formula is C29H41FO5. The minimum Gasteiger partial charge on any atom is -0.389 e. The number of fused-ring (bicyclic) bond motifs is 1. The maximum Gasteiger partial charge on any atom is 0.159 e. The third-order valence-corrected chi connectivity index (χ3v) is 7.93. The van der Waals surface area contributed by atoms with Crippen molar-refractivity contribution in [3.63, 3.8) is 0 Å². The van der Waals surface area contributed by atoms with E-state index in [1.165, 1.54) is 0 Å². The SMILES string of the molecule is CC#CCC(C)[C@@H](C#C[C@H]1[C@H]2C/C(=C(\F)CO)C[C@H]2C[C@H]1OC1CCCCO1)OC1CCCCO1. The van der Waals surface area contributed by atoms with Crippen LogP contribution in [0.4, 0.5) is 4.39 Å². The summed E-state index contributed by atoms with van der Waals surface area (Å²) in [5, 5.41) is 9.31. The normalized spacial score (nSPS) is 35.8. The van der Waals surface area contributed by atoms with Crippen LogP contribution < -0.4 is 0 Å². The van der Waals surface area contributed by atoms with Crippen molar-refractivity contribution in [2.24, 2.45) is 23.7 Å². The molecule has 194 valence electrons. The van der Waals surface area contributed by atoms with Gasteiger partial charge in [-0.1, -0.05) is 18.8 Å². The summed E-state index contributed by atoms with van der Waals surface area (Å²) in [7, 11) is 0. The van der Waals surface area contributed by atoms with E-state index in [0.29, 0.717) is 25.2 Å². The van der Waals surface area contributed by atoms with Gasteiger partial charge in [0.15, 0.2) is 12.6 Å². The summed E-state index contributed by atoms with van der Waals surface area (Å²) in [4.78, 5) is 0. The lowest BCUT2D eigenvalue weighted by molar-refractivity contribution is -0.192. The Hall–Kier alpha value is -1.41. The number of aliphatic hydroxyl groups excluding tert-OH is 1. The maximum atomic E-state index is 14.2. The second kappa shape index (κ2) is 13.2. The Morgan fingerprint density at radius 3 is 2.51 bits per heavy atom. The van der Waals surface area contributed by atoms with Crippen molar-refractivity contribution in [2.75, 3.05) is 19.8 Å². The lowest BCUT2D eigenvalue weighted by Crippen LogP contribution is -2.32. The molecule has 4 aliphatic rings. The monoisotopic (exact) mass is 488 g/mol. The van der Waals surface area contributed by atoms with E-state index in [1.807, 2.05) is 6.92 Å². The highest BCUT2D eigenvalue weighted by molar-refractivity contribution is 5.24. The Morgan fingerprint density at radius 1 is 1.11 bits per heavy atom. The molecule has 3 unspecified atom stereocenters. The zero-order valence-corrected chi connectivity index (χ0v) is 21.3. The summed E-state index contributed by atoms with van der Waals surface area (Å²) in [6, 6.07) is 0. The van der Waals surface area contributed by atoms with Crippen LogP contribution in [-0.2, 0) is 18.9 Å². The van der Waals surface area contributed by atoms with Gasteiger partial charge in [-0.25, -0.2) is 4.39 Å². The highest BCUT2D eigenvalue weighted by Crippen LogP contribution is 2.52. The van der Waals surface area contributed by atoms with E-state index in [0.717, 1.165) is 63.7 Å². The van der Waals surface area contributed by atoms with Gasteiger partial charge in [0.25, 0.3) is 0 Å². The highest BCUT2D eigenvalue weighted by atomic mass is 19.1. The van der Waals surface area contributed by atoms with Crippen molar-refractivity contribution < 1.29 is 28.4 Å². The Labute approximate surface area is 210 Å². The fourth-order valence-corrected chi connectivity index (χ4v) is 5.93. The first-order valence-electron chi connectivity index (χ1n) is 13.5. The zero-order chi connectivity index (χ0) is 24.6. The fraction of sp³-hybridized carbons (Fsp3) is 0.793. The van der Waals surface area contributed by atoms with Gasteiger partial charge in [-0.3, -0.25) is 0 Å². The van der Waals surface area contributed by atoms with Crippen LogP contribution in [0.3, 0.4) is 0 Å². The molecule has 0 radical (unpaired) electrons. The molecule has 2 saturated heterocycles. The first kappa shape index (κ1) is 26.6. The summed E-state index contributed by atoms with van der Waals surface area (Å²) >= 11 is 0. The third kappa shape index (κ3) is 7.09. The number of hydrogen-bond acceptors (Lipinski definition) is 5. The first-order valence-corrected chi connectivity index (χ1v) is 13.5. The number of hydrogen-bond donors (Lipinski definition) is 1. The van der Waals surface area contributed by atoms with Gasteiger partial charge in [0.1, 0.15) is 11.9 Å². The standard InChI is InChI=1S/C29H41FO5/c1-3-4-9-20(2)26(34-28-10-5-7-14-32-28)13-12-23-24-17-22(25(30)19-31)16-21(24)18-27(23)35-29-11-6-8-15-33-29/h20-21,23-24,26-29,31H,5-11,14-19H2,1-2H3/b25-22-/t20?,21-,23-,24-,26+,27+,28?,29?/m0/s1. The van der Waals surface area contributed by atoms with Gasteiger partial charge in [0.05, 0.1) is 18.6 Å². The van der Waals surface area contributed by atoms with Gasteiger partial charge in [0.2, 0.25) is 0 Å². The van der Waals surface area contributed by atoms with Crippen LogP contribution in [0.5, 0.6) is 0 Å². The van der Waals surface area contributed by atoms with E-state index >= 15 is 0 Å². The van der Waals surface area contributed by atoms with Gasteiger partial charge in [-0.05, 0) is 82.1 Å². The molecule has 0 amide bonds. The molecule has 1 N–H and O–H groups in total. The van der Waals surface area contributed by atoms with E-state index < -0.39 is 6.61 Å². The predicted molar refractivity (Wildman–Crippen MR) is 131 cm³/mol. The third-order valence-electron chi connectivity index (χ3n) is 7.93. The van der Waals surface area contributed by atoms with Crippen molar-refractivity contribution in [3.05, 3.63) is 11.4 Å². The molecule has 35 heavy (non-hydrogen) atoms. The van der Waals surface area contributed by atoms with Gasteiger partial charge >= 0.3 is 0 Å². The number of ether oxygens (including phenoxy) is 4. The molecule has 5 nitrogen and oxygen atoms in total. The van der Waals surface area contributed by atoms with Crippen molar-refractivity contribution in [2.45, 2.75) is 103 Å². The van der Waals surface area contributed by atoms with Crippen molar-refractivity contribution in [3.8, 4) is 23.7 Å². The summed E-state index contributed by atoms with van der Waals surface area (Å²) in [6.07, 6.45) is 8.32. The van der Waals surface area contributed by atoms with Crippen LogP contribution in [0.15, 0.2) is 11.4 Å². The lowest BCUT2D eigenvalue weighted by atomic mass is 9.90. The van der Waals surface area contributed by atoms with Crippen molar-refractivity contribution >= 4 is 0 Å². The Bertz CT molecular complexity index is 837. The predicted octanol–water partition coefficient (Wildman–Crippen LogP) is 5.12. The van der Waals surface area contributed by atoms with Gasteiger partial charge < -0.3 is 24.1 Å². The molecular weight excluding hydrogens is 447 g/mol. The number of rotatable bonds is 7. The maximum absolute atomic E-state index is 14.2. The van der Waals surface area contributed by atoms with Gasteiger partial charge in [-0.2, -0.15) is 0 Å². The molecule has 0 aromatic heterocycles. The molecule has 8 atom stereocenters. The molecule has 0 spiro atoms. The molecule has 0 bridgehead atoms. The molecule has 4 fully saturated rings. The molecule has 2 aliphatic heterocycles. The summed E-state index contributed by atoms with van der Waals surface area (Å²) in [5.74, 6) is 13.4. The first-order chi connectivity index (χ1) is 17.1. The van der Waals surface area contributed by atoms with E-state index in [9.17, 15) is 9.50 Å². The van der Waals surface area contributed by atoms with Crippen molar-refractivity contribution in [1.29, 1.82) is 0 Å². The van der Waals surface area contributed by atoms with E-state index in [2.05, 4.69) is 30.6 Å². The number of allylic oxidation sites excluding steroid dienone is 1. The molecule has 6 heteroatoms. The summed E-state index contributed by atoms with van der Waals surface area (Å²) in [6.45, 7) is 4.92. The molecule has 4 rings (SSSR count). The van der Waals surface area contributed by atoms with Crippen LogP contribution in [0.25, 0.3) is 0 Å². The number of halogens is 1. The fourth-order valence-electron chi connectivity index (χ4n) is 5.93.